The summed E-state index contributed by atoms with van der Waals surface area (Å²) in [6.07, 6.45) is 52.5. The van der Waals surface area contributed by atoms with Crippen LogP contribution < -0.4 is 0 Å². The molecule has 0 bridgehead atoms. The lowest BCUT2D eigenvalue weighted by atomic mass is 10.0. The average Bonchev–Trinajstić information content (AvgIpc) is 3.19. The van der Waals surface area contributed by atoms with Crippen molar-refractivity contribution < 1.29 is 38.2 Å². The first-order valence-electron chi connectivity index (χ1n) is 23.5. The van der Waals surface area contributed by atoms with Gasteiger partial charge in [0, 0.05) is 19.3 Å². The summed E-state index contributed by atoms with van der Waals surface area (Å²) < 4.78 is 17.2. The van der Waals surface area contributed by atoms with Gasteiger partial charge in [-0.25, -0.2) is 4.79 Å². The van der Waals surface area contributed by atoms with Gasteiger partial charge in [0.1, 0.15) is 6.61 Å². The molecule has 0 rings (SSSR count). The number of ether oxygens (including phenoxy) is 3. The van der Waals surface area contributed by atoms with Gasteiger partial charge in [0.05, 0.1) is 34.4 Å². The van der Waals surface area contributed by atoms with Crippen LogP contribution in [0.4, 0.5) is 0 Å². The Balaban J connectivity index is 4.44. The number of rotatable bonds is 41. The molecule has 0 saturated heterocycles. The molecule has 1 N–H and O–H groups in total. The molecule has 0 aromatic rings. The lowest BCUT2D eigenvalue weighted by Gasteiger charge is -2.31. The first-order valence-corrected chi connectivity index (χ1v) is 23.5. The van der Waals surface area contributed by atoms with Crippen molar-refractivity contribution in [2.24, 2.45) is 0 Å². The summed E-state index contributed by atoms with van der Waals surface area (Å²) in [5.74, 6) is -1.58. The molecule has 8 heteroatoms. The second-order valence-electron chi connectivity index (χ2n) is 16.6. The van der Waals surface area contributed by atoms with E-state index in [2.05, 4.69) is 74.6 Å². The van der Waals surface area contributed by atoms with Crippen LogP contribution in [0, 0.1) is 0 Å². The summed E-state index contributed by atoms with van der Waals surface area (Å²) in [4.78, 5) is 37.0. The van der Waals surface area contributed by atoms with Gasteiger partial charge in [-0.05, 0) is 51.4 Å². The van der Waals surface area contributed by atoms with Crippen LogP contribution in [0.1, 0.15) is 181 Å². The van der Waals surface area contributed by atoms with Gasteiger partial charge in [0.25, 0.3) is 0 Å². The summed E-state index contributed by atoms with van der Waals surface area (Å²) in [5, 5.41) is 9.63. The highest BCUT2D eigenvalue weighted by atomic mass is 16.6. The Bertz CT molecular complexity index is 1190. The number of hydrogen-bond acceptors (Lipinski definition) is 6. The number of carboxylic acids is 1. The van der Waals surface area contributed by atoms with E-state index >= 15 is 0 Å². The molecule has 338 valence electrons. The highest BCUT2D eigenvalue weighted by Crippen LogP contribution is 2.15. The monoisotopic (exact) mass is 827 g/mol. The molecule has 0 heterocycles. The fraction of sp³-hybridized carbons (Fsp3) is 0.706. The second-order valence-corrected chi connectivity index (χ2v) is 16.6. The normalized spacial score (nSPS) is 13.6. The number of hydrogen-bond donors (Lipinski definition) is 1. The minimum Gasteiger partial charge on any atom is -0.477 e. The van der Waals surface area contributed by atoms with Crippen LogP contribution in [0.2, 0.25) is 0 Å². The highest BCUT2D eigenvalue weighted by Gasteiger charge is 2.31. The van der Waals surface area contributed by atoms with Crippen LogP contribution >= 0.6 is 0 Å². The van der Waals surface area contributed by atoms with E-state index in [1.54, 1.807) is 0 Å². The largest absolute Gasteiger partial charge is 0.477 e. The van der Waals surface area contributed by atoms with Gasteiger partial charge in [-0.2, -0.15) is 0 Å². The number of unbranched alkanes of at least 4 members (excludes halogenated alkanes) is 15. The molecule has 0 aliphatic rings. The third-order valence-corrected chi connectivity index (χ3v) is 10.1. The van der Waals surface area contributed by atoms with Crippen LogP contribution in [0.25, 0.3) is 0 Å². The molecule has 0 amide bonds. The molecular weight excluding hydrogens is 739 g/mol. The van der Waals surface area contributed by atoms with E-state index < -0.39 is 18.1 Å². The zero-order valence-corrected chi connectivity index (χ0v) is 38.4. The average molecular weight is 827 g/mol. The number of aliphatic carboxylic acids is 1. The fourth-order valence-corrected chi connectivity index (χ4v) is 6.53. The number of esters is 2. The van der Waals surface area contributed by atoms with Gasteiger partial charge in [-0.1, -0.05) is 183 Å². The number of carbonyl (C=O) groups excluding carboxylic acids is 2. The Hall–Kier alpha value is -3.23. The fourth-order valence-electron chi connectivity index (χ4n) is 6.53. The van der Waals surface area contributed by atoms with Crippen molar-refractivity contribution in [3.05, 3.63) is 72.9 Å². The first kappa shape index (κ1) is 55.8. The third kappa shape index (κ3) is 40.0. The number of allylic oxidation sites excluding steroid dienone is 12. The smallest absolute Gasteiger partial charge is 0.362 e. The molecule has 0 aliphatic carbocycles. The molecule has 0 radical (unpaired) electrons. The maximum absolute atomic E-state index is 12.7. The van der Waals surface area contributed by atoms with Crippen molar-refractivity contribution in [1.29, 1.82) is 0 Å². The van der Waals surface area contributed by atoms with Crippen molar-refractivity contribution in [3.63, 3.8) is 0 Å². The predicted molar refractivity (Wildman–Crippen MR) is 247 cm³/mol. The van der Waals surface area contributed by atoms with Crippen LogP contribution in [0.3, 0.4) is 0 Å². The maximum Gasteiger partial charge on any atom is 0.362 e. The topological polar surface area (TPSA) is 99.1 Å². The number of carboxylic acid groups (broad SMARTS) is 1. The van der Waals surface area contributed by atoms with Crippen LogP contribution in [-0.2, 0) is 28.6 Å². The molecule has 0 saturated carbocycles. The van der Waals surface area contributed by atoms with E-state index in [1.165, 1.54) is 83.5 Å². The standard InChI is InChI=1S/C51H87NO7/c1-6-8-10-12-14-16-18-20-22-24-25-26-28-30-32-34-36-38-40-42-50(54)59-47(45-57-44-43-48(51(55)56)52(3,4)5)46-58-49(53)41-39-37-35-33-31-29-27-23-21-19-17-15-13-11-9-7-2/h8,10,14,16,20,22,25-26,30,32,36,38,47-48H,6-7,9,11-13,15,17-19,21,23-24,27-29,31,33-35,37,39-46H2,1-5H3/p+1/b10-8+,16-14+,22-20+,26-25+,32-30+,38-36+. The molecule has 0 aliphatic heterocycles. The number of nitrogens with zero attached hydrogens (tertiary/aromatic N) is 1. The number of quaternary nitrogens is 1. The molecule has 0 fully saturated rings. The lowest BCUT2D eigenvalue weighted by molar-refractivity contribution is -0.887. The number of carbonyl (C=O) groups is 3. The molecular formula is C51H88NO7+. The Labute approximate surface area is 361 Å². The molecule has 0 spiro atoms. The van der Waals surface area contributed by atoms with Crippen molar-refractivity contribution in [2.75, 3.05) is 41.0 Å². The van der Waals surface area contributed by atoms with Gasteiger partial charge >= 0.3 is 17.9 Å². The Morgan fingerprint density at radius 2 is 0.949 bits per heavy atom. The molecule has 2 atom stereocenters. The maximum atomic E-state index is 12.7. The Morgan fingerprint density at radius 3 is 1.37 bits per heavy atom. The van der Waals surface area contributed by atoms with Gasteiger partial charge in [-0.3, -0.25) is 9.59 Å². The van der Waals surface area contributed by atoms with Gasteiger partial charge < -0.3 is 23.8 Å². The molecule has 2 unspecified atom stereocenters. The first-order chi connectivity index (χ1) is 28.6. The van der Waals surface area contributed by atoms with Crippen LogP contribution in [-0.4, -0.2) is 80.6 Å². The predicted octanol–water partition coefficient (Wildman–Crippen LogP) is 13.1. The minimum absolute atomic E-state index is 0.0292. The summed E-state index contributed by atoms with van der Waals surface area (Å²) in [6.45, 7) is 4.55. The molecule has 59 heavy (non-hydrogen) atoms. The molecule has 0 aromatic heterocycles. The summed E-state index contributed by atoms with van der Waals surface area (Å²) in [6, 6.07) is -0.630. The summed E-state index contributed by atoms with van der Waals surface area (Å²) >= 11 is 0. The van der Waals surface area contributed by atoms with Crippen molar-refractivity contribution in [3.8, 4) is 0 Å². The van der Waals surface area contributed by atoms with Crippen LogP contribution in [0.15, 0.2) is 72.9 Å². The summed E-state index contributed by atoms with van der Waals surface area (Å²) in [7, 11) is 5.50. The van der Waals surface area contributed by atoms with E-state index in [0.717, 1.165) is 57.8 Å². The zero-order valence-electron chi connectivity index (χ0n) is 38.4. The van der Waals surface area contributed by atoms with E-state index in [9.17, 15) is 19.5 Å². The van der Waals surface area contributed by atoms with Gasteiger partial charge in [-0.15, -0.1) is 0 Å². The minimum atomic E-state index is -0.888. The van der Waals surface area contributed by atoms with E-state index in [4.69, 9.17) is 14.2 Å². The second kappa shape index (κ2) is 41.5. The highest BCUT2D eigenvalue weighted by molar-refractivity contribution is 5.72. The zero-order chi connectivity index (χ0) is 43.5. The van der Waals surface area contributed by atoms with E-state index in [0.29, 0.717) is 19.3 Å². The third-order valence-electron chi connectivity index (χ3n) is 10.1. The van der Waals surface area contributed by atoms with Gasteiger partial charge in [0.2, 0.25) is 0 Å². The molecule has 0 aromatic carbocycles. The lowest BCUT2D eigenvalue weighted by Crippen LogP contribution is -2.50. The van der Waals surface area contributed by atoms with Crippen molar-refractivity contribution in [1.82, 2.24) is 0 Å². The number of likely N-dealkylation sites (N-methyl/N-ethyl adjacent to an activating group) is 1. The van der Waals surface area contributed by atoms with E-state index in [-0.39, 0.29) is 42.7 Å². The van der Waals surface area contributed by atoms with E-state index in [1.807, 2.05) is 33.3 Å². The SMILES string of the molecule is CC/C=C/C/C=C/C/C=C/C/C=C/C/C=C/C/C=C/CCC(=O)OC(COCCC(C(=O)O)[N+](C)(C)C)COC(=O)CCCCCCCCCCCCCCCCCC. The Morgan fingerprint density at radius 1 is 0.525 bits per heavy atom. The van der Waals surface area contributed by atoms with Crippen molar-refractivity contribution >= 4 is 17.9 Å². The van der Waals surface area contributed by atoms with Crippen molar-refractivity contribution in [2.45, 2.75) is 193 Å². The summed E-state index contributed by atoms with van der Waals surface area (Å²) in [5.41, 5.74) is 0. The quantitative estimate of drug-likeness (QED) is 0.0284. The van der Waals surface area contributed by atoms with Crippen LogP contribution in [0.5, 0.6) is 0 Å². The Kier molecular flexibility index (Phi) is 39.2. The molecule has 8 nitrogen and oxygen atoms in total. The van der Waals surface area contributed by atoms with Gasteiger partial charge in [0.15, 0.2) is 12.1 Å².